The Hall–Kier alpha value is 0.690. The zero-order chi connectivity index (χ0) is 6.91. The Morgan fingerprint density at radius 3 is 2.44 bits per heavy atom. The van der Waals surface area contributed by atoms with Crippen molar-refractivity contribution < 1.29 is 4.74 Å². The van der Waals surface area contributed by atoms with Gasteiger partial charge >= 0.3 is 0 Å². The molecule has 0 amide bonds. The maximum Gasteiger partial charge on any atom is 0.0716 e. The van der Waals surface area contributed by atoms with Gasteiger partial charge in [-0.05, 0) is 26.7 Å². The average Bonchev–Trinajstić information content (AvgIpc) is 2.08. The third-order valence-corrected chi connectivity index (χ3v) is 2.39. The van der Waals surface area contributed by atoms with Crippen LogP contribution in [-0.2, 0) is 4.74 Å². The Kier molecular flexibility index (Phi) is 2.37. The summed E-state index contributed by atoms with van der Waals surface area (Å²) in [4.78, 5) is 0. The lowest BCUT2D eigenvalue weighted by Crippen LogP contribution is -2.28. The Bertz CT molecular complexity index is 89.6. The minimum atomic E-state index is 0.328. The molecule has 1 heterocycles. The third kappa shape index (κ3) is 2.08. The normalized spacial score (nSPS) is 29.0. The second-order valence-corrected chi connectivity index (χ2v) is 5.85. The highest BCUT2D eigenvalue weighted by molar-refractivity contribution is 14.1. The first-order valence-electron chi connectivity index (χ1n) is 3.41. The lowest BCUT2D eigenvalue weighted by atomic mass is 10.1. The first-order chi connectivity index (χ1) is 4.11. The lowest BCUT2D eigenvalue weighted by molar-refractivity contribution is 0.0930. The maximum absolute atomic E-state index is 5.51. The van der Waals surface area contributed by atoms with E-state index < -0.39 is 0 Å². The van der Waals surface area contributed by atoms with Crippen LogP contribution >= 0.6 is 22.6 Å². The van der Waals surface area contributed by atoms with Crippen molar-refractivity contribution in [3.05, 3.63) is 0 Å². The monoisotopic (exact) mass is 240 g/mol. The highest BCUT2D eigenvalue weighted by Gasteiger charge is 2.29. The standard InChI is InChI=1S/C7H13IO/c1-7(2,8)6-4-3-5-9-6/h6H,3-5H2,1-2H3. The van der Waals surface area contributed by atoms with E-state index in [1.54, 1.807) is 0 Å². The highest BCUT2D eigenvalue weighted by atomic mass is 127. The molecule has 0 aromatic rings. The number of alkyl halides is 1. The SMILES string of the molecule is CC(C)(I)C1CCCO1. The van der Waals surface area contributed by atoms with Crippen molar-refractivity contribution in [3.63, 3.8) is 0 Å². The number of hydrogen-bond acceptors (Lipinski definition) is 1. The summed E-state index contributed by atoms with van der Waals surface area (Å²) in [5, 5.41) is 0. The van der Waals surface area contributed by atoms with E-state index in [0.717, 1.165) is 6.61 Å². The Labute approximate surface area is 70.3 Å². The molecule has 0 N–H and O–H groups in total. The van der Waals surface area contributed by atoms with E-state index in [9.17, 15) is 0 Å². The second kappa shape index (κ2) is 2.74. The molecule has 0 bridgehead atoms. The van der Waals surface area contributed by atoms with Gasteiger partial charge in [-0.3, -0.25) is 0 Å². The number of rotatable bonds is 1. The number of halogens is 1. The van der Waals surface area contributed by atoms with E-state index in [1.807, 2.05) is 0 Å². The van der Waals surface area contributed by atoms with E-state index in [2.05, 4.69) is 36.4 Å². The summed E-state index contributed by atoms with van der Waals surface area (Å²) in [5.41, 5.74) is 0. The smallest absolute Gasteiger partial charge is 0.0716 e. The molecule has 1 nitrogen and oxygen atoms in total. The van der Waals surface area contributed by atoms with Crippen LogP contribution in [0.15, 0.2) is 0 Å². The van der Waals surface area contributed by atoms with Crippen LogP contribution in [0.5, 0.6) is 0 Å². The fourth-order valence-electron chi connectivity index (χ4n) is 1.12. The minimum Gasteiger partial charge on any atom is -0.377 e. The molecular weight excluding hydrogens is 227 g/mol. The first kappa shape index (κ1) is 7.79. The molecule has 0 aromatic heterocycles. The van der Waals surface area contributed by atoms with E-state index in [4.69, 9.17) is 4.74 Å². The van der Waals surface area contributed by atoms with Crippen molar-refractivity contribution in [2.24, 2.45) is 0 Å². The Morgan fingerprint density at radius 1 is 1.56 bits per heavy atom. The van der Waals surface area contributed by atoms with Gasteiger partial charge in [-0.2, -0.15) is 0 Å². The van der Waals surface area contributed by atoms with Crippen LogP contribution in [0.25, 0.3) is 0 Å². The molecule has 1 fully saturated rings. The molecule has 0 spiro atoms. The largest absolute Gasteiger partial charge is 0.377 e. The third-order valence-electron chi connectivity index (χ3n) is 1.70. The van der Waals surface area contributed by atoms with Crippen molar-refractivity contribution in [1.82, 2.24) is 0 Å². The summed E-state index contributed by atoms with van der Waals surface area (Å²) >= 11 is 2.45. The van der Waals surface area contributed by atoms with Gasteiger partial charge in [0, 0.05) is 10.0 Å². The van der Waals surface area contributed by atoms with Gasteiger partial charge in [-0.1, -0.05) is 22.6 Å². The zero-order valence-electron chi connectivity index (χ0n) is 5.98. The molecule has 54 valence electrons. The number of ether oxygens (including phenoxy) is 1. The minimum absolute atomic E-state index is 0.328. The molecule has 1 saturated heterocycles. The molecule has 9 heavy (non-hydrogen) atoms. The van der Waals surface area contributed by atoms with Crippen LogP contribution in [0.3, 0.4) is 0 Å². The van der Waals surface area contributed by atoms with Crippen molar-refractivity contribution in [2.75, 3.05) is 6.61 Å². The Morgan fingerprint density at radius 2 is 2.22 bits per heavy atom. The van der Waals surface area contributed by atoms with Gasteiger partial charge in [0.05, 0.1) is 6.10 Å². The molecular formula is C7H13IO. The van der Waals surface area contributed by atoms with Crippen LogP contribution < -0.4 is 0 Å². The first-order valence-corrected chi connectivity index (χ1v) is 4.49. The molecule has 1 rings (SSSR count). The molecule has 1 atom stereocenters. The lowest BCUT2D eigenvalue weighted by Gasteiger charge is -2.23. The van der Waals surface area contributed by atoms with Crippen molar-refractivity contribution in [2.45, 2.75) is 36.2 Å². The van der Waals surface area contributed by atoms with Gasteiger partial charge in [0.1, 0.15) is 0 Å². The second-order valence-electron chi connectivity index (χ2n) is 3.07. The quantitative estimate of drug-likeness (QED) is 0.505. The average molecular weight is 240 g/mol. The van der Waals surface area contributed by atoms with Gasteiger partial charge in [0.2, 0.25) is 0 Å². The summed E-state index contributed by atoms with van der Waals surface area (Å²) in [6.45, 7) is 5.42. The molecule has 0 aromatic carbocycles. The molecule has 2 heteroatoms. The number of hydrogen-bond donors (Lipinski definition) is 0. The Balaban J connectivity index is 2.42. The van der Waals surface area contributed by atoms with Crippen LogP contribution in [0, 0.1) is 0 Å². The van der Waals surface area contributed by atoms with Crippen molar-refractivity contribution in [3.8, 4) is 0 Å². The van der Waals surface area contributed by atoms with Gasteiger partial charge in [0.15, 0.2) is 0 Å². The summed E-state index contributed by atoms with van der Waals surface area (Å²) in [5.74, 6) is 0. The summed E-state index contributed by atoms with van der Waals surface area (Å²) in [7, 11) is 0. The predicted molar refractivity (Wildman–Crippen MR) is 47.1 cm³/mol. The predicted octanol–water partition coefficient (Wildman–Crippen LogP) is 2.38. The molecule has 0 radical (unpaired) electrons. The summed E-state index contributed by atoms with van der Waals surface area (Å²) < 4.78 is 5.84. The molecule has 0 aliphatic carbocycles. The fourth-order valence-corrected chi connectivity index (χ4v) is 1.61. The molecule has 1 unspecified atom stereocenters. The van der Waals surface area contributed by atoms with E-state index >= 15 is 0 Å². The molecule has 1 aliphatic heterocycles. The van der Waals surface area contributed by atoms with E-state index in [-0.39, 0.29) is 0 Å². The maximum atomic E-state index is 5.51. The van der Waals surface area contributed by atoms with Gasteiger partial charge in [-0.15, -0.1) is 0 Å². The van der Waals surface area contributed by atoms with Crippen LogP contribution in [0.4, 0.5) is 0 Å². The fraction of sp³-hybridized carbons (Fsp3) is 1.00. The van der Waals surface area contributed by atoms with E-state index in [0.29, 0.717) is 9.53 Å². The van der Waals surface area contributed by atoms with Crippen molar-refractivity contribution >= 4 is 22.6 Å². The summed E-state index contributed by atoms with van der Waals surface area (Å²) in [6.07, 6.45) is 2.99. The van der Waals surface area contributed by atoms with Crippen LogP contribution in [-0.4, -0.2) is 16.1 Å². The van der Waals surface area contributed by atoms with Gasteiger partial charge in [-0.25, -0.2) is 0 Å². The topological polar surface area (TPSA) is 9.23 Å². The summed E-state index contributed by atoms with van der Waals surface area (Å²) in [6, 6.07) is 0. The molecule has 0 saturated carbocycles. The molecule has 1 aliphatic rings. The van der Waals surface area contributed by atoms with Gasteiger partial charge in [0.25, 0.3) is 0 Å². The highest BCUT2D eigenvalue weighted by Crippen LogP contribution is 2.30. The van der Waals surface area contributed by atoms with Crippen LogP contribution in [0.2, 0.25) is 0 Å². The van der Waals surface area contributed by atoms with Gasteiger partial charge < -0.3 is 4.74 Å². The van der Waals surface area contributed by atoms with Crippen LogP contribution in [0.1, 0.15) is 26.7 Å². The zero-order valence-corrected chi connectivity index (χ0v) is 8.14. The van der Waals surface area contributed by atoms with E-state index in [1.165, 1.54) is 12.8 Å². The van der Waals surface area contributed by atoms with Crippen molar-refractivity contribution in [1.29, 1.82) is 0 Å².